The molecule has 0 spiro atoms. The molecule has 2 heterocycles. The van der Waals surface area contributed by atoms with Crippen LogP contribution in [-0.2, 0) is 28.6 Å². The van der Waals surface area contributed by atoms with Crippen LogP contribution in [0.3, 0.4) is 0 Å². The van der Waals surface area contributed by atoms with Gasteiger partial charge in [0, 0.05) is 0 Å². The van der Waals surface area contributed by atoms with E-state index < -0.39 is 23.7 Å². The van der Waals surface area contributed by atoms with E-state index in [4.69, 9.17) is 14.2 Å². The Morgan fingerprint density at radius 2 is 1.95 bits per heavy atom. The average molecular weight is 585 g/mol. The Morgan fingerprint density at radius 1 is 1.18 bits per heavy atom. The number of hydrogen-bond acceptors (Lipinski definition) is 6. The molecule has 38 heavy (non-hydrogen) atoms. The van der Waals surface area contributed by atoms with E-state index in [1.165, 1.54) is 11.6 Å². The zero-order valence-electron chi connectivity index (χ0n) is 22.3. The fourth-order valence-corrected chi connectivity index (χ4v) is 5.93. The number of rotatable bonds is 12. The van der Waals surface area contributed by atoms with Crippen molar-refractivity contribution in [2.24, 2.45) is 5.92 Å². The molecule has 2 fully saturated rings. The minimum atomic E-state index is -0.942. The first-order valence-corrected chi connectivity index (χ1v) is 14.6. The van der Waals surface area contributed by atoms with Crippen LogP contribution in [0.1, 0.15) is 27.2 Å². The van der Waals surface area contributed by atoms with Crippen LogP contribution >= 0.6 is 0 Å². The predicted octanol–water partition coefficient (Wildman–Crippen LogP) is 3.38. The van der Waals surface area contributed by atoms with Gasteiger partial charge >= 0.3 is 171 Å². The van der Waals surface area contributed by atoms with Gasteiger partial charge in [0.25, 0.3) is 0 Å². The third kappa shape index (κ3) is 7.51. The summed E-state index contributed by atoms with van der Waals surface area (Å²) >= 11 is 0.273. The van der Waals surface area contributed by atoms with Gasteiger partial charge in [0.05, 0.1) is 12.7 Å². The molecule has 1 N–H and O–H groups in total. The van der Waals surface area contributed by atoms with Gasteiger partial charge in [-0.2, -0.15) is 0 Å². The van der Waals surface area contributed by atoms with Crippen molar-refractivity contribution >= 4 is 37.1 Å². The number of benzene rings is 1. The van der Waals surface area contributed by atoms with E-state index in [1.807, 2.05) is 37.3 Å². The van der Waals surface area contributed by atoms with Crippen molar-refractivity contribution in [2.75, 3.05) is 20.3 Å². The molecule has 2 aliphatic heterocycles. The molecule has 2 aliphatic rings. The van der Waals surface area contributed by atoms with Crippen LogP contribution in [0.2, 0.25) is 5.32 Å². The topological polar surface area (TPSA) is 90.9 Å². The molecule has 0 saturated carbocycles. The SMILES string of the molecule is C\C=C(/C=C(C)/C=C/C=C/C=C(\C)C(=O)[C@H]1C(=O)N[C@]2(OCC[Se]c3ccccc3)CCO[C@H]12)C(=O)OC. The molecule has 2 saturated heterocycles. The minimum Gasteiger partial charge on any atom is -0.465 e. The Hall–Kier alpha value is -3.03. The number of carbonyl (C=O) groups is 3. The van der Waals surface area contributed by atoms with Gasteiger partial charge in [-0.05, 0) is 19.9 Å². The molecule has 1 amide bonds. The molecule has 0 unspecified atom stereocenters. The monoisotopic (exact) mass is 585 g/mol. The summed E-state index contributed by atoms with van der Waals surface area (Å²) in [5, 5.41) is 3.80. The first-order chi connectivity index (χ1) is 18.3. The number of methoxy groups -OCH3 is 1. The van der Waals surface area contributed by atoms with Crippen LogP contribution < -0.4 is 9.78 Å². The number of hydrogen-bond donors (Lipinski definition) is 1. The normalized spacial score (nSPS) is 24.2. The molecule has 1 aromatic rings. The van der Waals surface area contributed by atoms with Crippen molar-refractivity contribution in [1.29, 1.82) is 0 Å². The van der Waals surface area contributed by atoms with E-state index >= 15 is 0 Å². The van der Waals surface area contributed by atoms with Gasteiger partial charge in [0.1, 0.15) is 0 Å². The summed E-state index contributed by atoms with van der Waals surface area (Å²) in [5.74, 6) is -1.94. The number of Topliss-reactive ketones (excluding diaryl/α,β-unsaturated/α-hetero) is 1. The van der Waals surface area contributed by atoms with Crippen LogP contribution in [-0.4, -0.2) is 64.8 Å². The van der Waals surface area contributed by atoms with Crippen LogP contribution in [0.4, 0.5) is 0 Å². The number of carbonyl (C=O) groups excluding carboxylic acids is 3. The van der Waals surface area contributed by atoms with Crippen molar-refractivity contribution in [3.63, 3.8) is 0 Å². The first-order valence-electron chi connectivity index (χ1n) is 12.6. The van der Waals surface area contributed by atoms with Crippen molar-refractivity contribution in [1.82, 2.24) is 5.32 Å². The maximum absolute atomic E-state index is 13.2. The number of ether oxygens (including phenoxy) is 3. The molecule has 0 radical (unpaired) electrons. The van der Waals surface area contributed by atoms with Crippen molar-refractivity contribution in [2.45, 2.75) is 44.3 Å². The Kier molecular flexibility index (Phi) is 11.0. The standard InChI is InChI=1S/C30H35NO6Se/c1-5-23(29(34)35-4)20-21(2)12-8-6-9-13-22(3)26(32)25-27-30(16-17-36-27,31-28(25)33)37-18-19-38-24-14-10-7-11-15-24/h5-15,20,25,27H,16-19H2,1-4H3,(H,31,33)/b9-6+,12-8+,21-20+,22-13+,23-5+/t25-,27-,30+/m1/s1. The van der Waals surface area contributed by atoms with E-state index in [9.17, 15) is 14.4 Å². The smallest absolute Gasteiger partial charge is 0.337 e. The van der Waals surface area contributed by atoms with Crippen LogP contribution in [0, 0.1) is 5.92 Å². The van der Waals surface area contributed by atoms with E-state index in [0.29, 0.717) is 30.8 Å². The predicted molar refractivity (Wildman–Crippen MR) is 148 cm³/mol. The molecular formula is C30H35NO6Se. The molecule has 8 heteroatoms. The second-order valence-corrected chi connectivity index (χ2v) is 11.4. The summed E-state index contributed by atoms with van der Waals surface area (Å²) in [4.78, 5) is 37.7. The number of ketones is 1. The molecule has 0 aliphatic carbocycles. The van der Waals surface area contributed by atoms with Gasteiger partial charge in [0.2, 0.25) is 0 Å². The fourth-order valence-electron chi connectivity index (χ4n) is 4.35. The van der Waals surface area contributed by atoms with E-state index in [1.54, 1.807) is 44.2 Å². The summed E-state index contributed by atoms with van der Waals surface area (Å²) in [6.07, 6.45) is 12.2. The quantitative estimate of drug-likeness (QED) is 0.101. The minimum absolute atomic E-state index is 0.270. The zero-order valence-corrected chi connectivity index (χ0v) is 24.0. The Labute approximate surface area is 230 Å². The fraction of sp³-hybridized carbons (Fsp3) is 0.367. The zero-order chi connectivity index (χ0) is 27.5. The number of esters is 1. The van der Waals surface area contributed by atoms with Crippen LogP contribution in [0.15, 0.2) is 89.6 Å². The van der Waals surface area contributed by atoms with E-state index in [0.717, 1.165) is 10.9 Å². The first kappa shape index (κ1) is 29.5. The van der Waals surface area contributed by atoms with Crippen molar-refractivity contribution in [3.8, 4) is 0 Å². The van der Waals surface area contributed by atoms with Gasteiger partial charge < -0.3 is 4.74 Å². The summed E-state index contributed by atoms with van der Waals surface area (Å²) < 4.78 is 18.1. The molecule has 3 atom stereocenters. The van der Waals surface area contributed by atoms with Gasteiger partial charge in [-0.25, -0.2) is 4.79 Å². The van der Waals surface area contributed by atoms with Gasteiger partial charge in [-0.3, -0.25) is 0 Å². The van der Waals surface area contributed by atoms with Crippen molar-refractivity contribution < 1.29 is 28.6 Å². The van der Waals surface area contributed by atoms with E-state index in [-0.39, 0.29) is 26.6 Å². The molecule has 0 bridgehead atoms. The third-order valence-corrected chi connectivity index (χ3v) is 8.37. The number of amides is 1. The maximum Gasteiger partial charge on any atom is 0.337 e. The average Bonchev–Trinajstić information content (AvgIpc) is 3.43. The van der Waals surface area contributed by atoms with Gasteiger partial charge in [-0.15, -0.1) is 0 Å². The molecule has 202 valence electrons. The van der Waals surface area contributed by atoms with Gasteiger partial charge in [-0.1, -0.05) is 17.7 Å². The summed E-state index contributed by atoms with van der Waals surface area (Å²) in [5.41, 5.74) is 0.860. The summed E-state index contributed by atoms with van der Waals surface area (Å²) in [6, 6.07) is 10.3. The van der Waals surface area contributed by atoms with Crippen molar-refractivity contribution in [3.05, 3.63) is 89.6 Å². The van der Waals surface area contributed by atoms with E-state index in [2.05, 4.69) is 17.4 Å². The van der Waals surface area contributed by atoms with Crippen LogP contribution in [0.5, 0.6) is 0 Å². The number of fused-ring (bicyclic) bond motifs is 1. The number of allylic oxidation sites excluding steroid dienone is 8. The molecule has 7 nitrogen and oxygen atoms in total. The second-order valence-electron chi connectivity index (χ2n) is 8.99. The van der Waals surface area contributed by atoms with Gasteiger partial charge in [0.15, 0.2) is 0 Å². The molecule has 1 aromatic carbocycles. The summed E-state index contributed by atoms with van der Waals surface area (Å²) in [6.45, 7) is 6.27. The second kappa shape index (κ2) is 14.2. The largest absolute Gasteiger partial charge is 0.465 e. The summed E-state index contributed by atoms with van der Waals surface area (Å²) in [7, 11) is 1.35. The van der Waals surface area contributed by atoms with Crippen LogP contribution in [0.25, 0.3) is 0 Å². The Balaban J connectivity index is 1.57. The Bertz CT molecular complexity index is 1170. The molecular weight excluding hydrogens is 549 g/mol. The third-order valence-electron chi connectivity index (χ3n) is 6.32. The Morgan fingerprint density at radius 3 is 2.66 bits per heavy atom. The maximum atomic E-state index is 13.2. The molecule has 0 aromatic heterocycles. The number of nitrogens with one attached hydrogen (secondary N) is 1. The molecule has 3 rings (SSSR count).